The number of hydrogen-bond acceptors (Lipinski definition) is 4. The lowest BCUT2D eigenvalue weighted by Gasteiger charge is -2.20. The number of benzene rings is 1. The van der Waals surface area contributed by atoms with Crippen LogP contribution >= 0.6 is 24.0 Å². The van der Waals surface area contributed by atoms with Gasteiger partial charge in [-0.05, 0) is 44.9 Å². The molecule has 1 aromatic carbocycles. The van der Waals surface area contributed by atoms with E-state index in [-0.39, 0.29) is 65.7 Å². The van der Waals surface area contributed by atoms with Crippen LogP contribution in [0.15, 0.2) is 23.2 Å². The van der Waals surface area contributed by atoms with Gasteiger partial charge in [-0.25, -0.2) is 8.42 Å². The zero-order chi connectivity index (χ0) is 21.5. The van der Waals surface area contributed by atoms with Crippen molar-refractivity contribution in [1.29, 1.82) is 0 Å². The second-order valence-corrected chi connectivity index (χ2v) is 9.13. The van der Waals surface area contributed by atoms with Crippen LogP contribution in [0.2, 0.25) is 0 Å². The number of rotatable bonds is 8. The Hall–Kier alpha value is -1.24. The van der Waals surface area contributed by atoms with Crippen LogP contribution in [0.5, 0.6) is 5.75 Å². The molecule has 0 aromatic heterocycles. The van der Waals surface area contributed by atoms with Crippen LogP contribution in [0, 0.1) is 0 Å². The van der Waals surface area contributed by atoms with E-state index in [9.17, 15) is 21.6 Å². The van der Waals surface area contributed by atoms with Crippen LogP contribution in [-0.4, -0.2) is 45.6 Å². The SMILES string of the molecule is CN=C(NCc1ccc(OC(C)C)cc1C(F)(F)F)NC(C)CCS(C)(=O)=O.I. The molecule has 0 radical (unpaired) electrons. The van der Waals surface area contributed by atoms with E-state index < -0.39 is 21.6 Å². The van der Waals surface area contributed by atoms with Gasteiger partial charge in [0.2, 0.25) is 0 Å². The smallest absolute Gasteiger partial charge is 0.416 e. The van der Waals surface area contributed by atoms with Crippen LogP contribution in [0.4, 0.5) is 13.2 Å². The first-order valence-corrected chi connectivity index (χ1v) is 10.9. The number of aliphatic imine (C=N–C) groups is 1. The Labute approximate surface area is 187 Å². The van der Waals surface area contributed by atoms with Crippen molar-refractivity contribution < 1.29 is 26.3 Å². The van der Waals surface area contributed by atoms with E-state index in [0.29, 0.717) is 6.42 Å². The minimum atomic E-state index is -4.52. The lowest BCUT2D eigenvalue weighted by molar-refractivity contribution is -0.138. The van der Waals surface area contributed by atoms with Crippen molar-refractivity contribution >= 4 is 39.8 Å². The maximum atomic E-state index is 13.4. The van der Waals surface area contributed by atoms with Gasteiger partial charge >= 0.3 is 6.18 Å². The van der Waals surface area contributed by atoms with Gasteiger partial charge in [-0.15, -0.1) is 24.0 Å². The Morgan fingerprint density at radius 1 is 1.24 bits per heavy atom. The van der Waals surface area contributed by atoms with Crippen LogP contribution in [0.1, 0.15) is 38.3 Å². The van der Waals surface area contributed by atoms with Crippen LogP contribution in [-0.2, 0) is 22.6 Å². The molecule has 0 heterocycles. The average molecular weight is 551 g/mol. The summed E-state index contributed by atoms with van der Waals surface area (Å²) < 4.78 is 68.1. The highest BCUT2D eigenvalue weighted by Crippen LogP contribution is 2.34. The molecule has 0 saturated carbocycles. The molecule has 168 valence electrons. The standard InChI is InChI=1S/C18H28F3N3O3S.HI/c1-12(2)27-15-7-6-14(16(10-15)18(19,20)21)11-23-17(22-4)24-13(3)8-9-28(5,25)26;/h6-7,10,12-13H,8-9,11H2,1-5H3,(H2,22,23,24);1H. The molecule has 0 saturated heterocycles. The fourth-order valence-corrected chi connectivity index (χ4v) is 3.17. The highest BCUT2D eigenvalue weighted by Gasteiger charge is 2.33. The molecule has 1 unspecified atom stereocenters. The molecule has 11 heteroatoms. The van der Waals surface area contributed by atoms with Crippen LogP contribution in [0.25, 0.3) is 0 Å². The van der Waals surface area contributed by atoms with Gasteiger partial charge in [-0.3, -0.25) is 4.99 Å². The van der Waals surface area contributed by atoms with Gasteiger partial charge in [0.1, 0.15) is 15.6 Å². The predicted molar refractivity (Wildman–Crippen MR) is 120 cm³/mol. The maximum absolute atomic E-state index is 13.4. The topological polar surface area (TPSA) is 79.8 Å². The first kappa shape index (κ1) is 27.8. The number of alkyl halides is 3. The lowest BCUT2D eigenvalue weighted by atomic mass is 10.1. The van der Waals surface area contributed by atoms with E-state index >= 15 is 0 Å². The Bertz CT molecular complexity index is 784. The van der Waals surface area contributed by atoms with Crippen molar-refractivity contribution in [2.45, 2.75) is 52.1 Å². The third-order valence-electron chi connectivity index (χ3n) is 3.73. The monoisotopic (exact) mass is 551 g/mol. The second-order valence-electron chi connectivity index (χ2n) is 6.87. The summed E-state index contributed by atoms with van der Waals surface area (Å²) in [5.74, 6) is 0.452. The van der Waals surface area contributed by atoms with E-state index in [4.69, 9.17) is 4.74 Å². The Balaban J connectivity index is 0.00000784. The summed E-state index contributed by atoms with van der Waals surface area (Å²) in [5.41, 5.74) is -0.728. The number of sulfone groups is 1. The molecule has 1 rings (SSSR count). The van der Waals surface area contributed by atoms with E-state index in [2.05, 4.69) is 15.6 Å². The summed E-state index contributed by atoms with van der Waals surface area (Å²) in [5, 5.41) is 5.81. The average Bonchev–Trinajstić information content (AvgIpc) is 2.55. The molecule has 0 spiro atoms. The zero-order valence-electron chi connectivity index (χ0n) is 17.1. The fourth-order valence-electron chi connectivity index (χ4n) is 2.39. The fraction of sp³-hybridized carbons (Fsp3) is 0.611. The number of ether oxygens (including phenoxy) is 1. The van der Waals surface area contributed by atoms with E-state index in [0.717, 1.165) is 12.3 Å². The first-order chi connectivity index (χ1) is 12.8. The third kappa shape index (κ3) is 10.9. The van der Waals surface area contributed by atoms with Crippen LogP contribution in [0.3, 0.4) is 0 Å². The van der Waals surface area contributed by atoms with Gasteiger partial charge in [0.05, 0.1) is 17.4 Å². The third-order valence-corrected chi connectivity index (χ3v) is 4.71. The molecular formula is C18H29F3IN3O3S. The number of halogens is 4. The van der Waals surface area contributed by atoms with E-state index in [1.165, 1.54) is 19.2 Å². The second kappa shape index (κ2) is 11.8. The molecule has 6 nitrogen and oxygen atoms in total. The number of nitrogens with one attached hydrogen (secondary N) is 2. The molecular weight excluding hydrogens is 522 g/mol. The summed E-state index contributed by atoms with van der Waals surface area (Å²) in [6, 6.07) is 3.64. The van der Waals surface area contributed by atoms with Crippen molar-refractivity contribution in [2.75, 3.05) is 19.1 Å². The summed E-state index contributed by atoms with van der Waals surface area (Å²) in [6.07, 6.45) is -3.25. The molecule has 0 aliphatic rings. The van der Waals surface area contributed by atoms with Crippen LogP contribution < -0.4 is 15.4 Å². The molecule has 0 aliphatic carbocycles. The van der Waals surface area contributed by atoms with Gasteiger partial charge in [0.25, 0.3) is 0 Å². The molecule has 0 bridgehead atoms. The van der Waals surface area contributed by atoms with Gasteiger partial charge < -0.3 is 15.4 Å². The van der Waals surface area contributed by atoms with Crippen molar-refractivity contribution in [3.8, 4) is 5.75 Å². The number of guanidine groups is 1. The summed E-state index contributed by atoms with van der Waals surface area (Å²) in [6.45, 7) is 5.15. The molecule has 1 atom stereocenters. The Morgan fingerprint density at radius 3 is 2.34 bits per heavy atom. The molecule has 29 heavy (non-hydrogen) atoms. The summed E-state index contributed by atoms with van der Waals surface area (Å²) >= 11 is 0. The van der Waals surface area contributed by atoms with Crippen molar-refractivity contribution in [1.82, 2.24) is 10.6 Å². The quantitative estimate of drug-likeness (QED) is 0.294. The van der Waals surface area contributed by atoms with Gasteiger partial charge in [-0.2, -0.15) is 13.2 Å². The highest BCUT2D eigenvalue weighted by molar-refractivity contribution is 14.0. The van der Waals surface area contributed by atoms with Crippen molar-refractivity contribution in [2.24, 2.45) is 4.99 Å². The number of nitrogens with zero attached hydrogens (tertiary/aromatic N) is 1. The molecule has 1 aromatic rings. The Morgan fingerprint density at radius 2 is 1.86 bits per heavy atom. The van der Waals surface area contributed by atoms with Gasteiger partial charge in [0, 0.05) is 25.9 Å². The lowest BCUT2D eigenvalue weighted by Crippen LogP contribution is -2.42. The normalized spacial score (nSPS) is 13.6. The van der Waals surface area contributed by atoms with Gasteiger partial charge in [0.15, 0.2) is 5.96 Å². The van der Waals surface area contributed by atoms with Gasteiger partial charge in [-0.1, -0.05) is 6.07 Å². The molecule has 0 fully saturated rings. The summed E-state index contributed by atoms with van der Waals surface area (Å²) in [7, 11) is -1.60. The largest absolute Gasteiger partial charge is 0.491 e. The van der Waals surface area contributed by atoms with E-state index in [1.54, 1.807) is 20.8 Å². The minimum absolute atomic E-state index is 0. The van der Waals surface area contributed by atoms with E-state index in [1.807, 2.05) is 0 Å². The Kier molecular flexibility index (Phi) is 11.3. The first-order valence-electron chi connectivity index (χ1n) is 8.83. The minimum Gasteiger partial charge on any atom is -0.491 e. The predicted octanol–water partition coefficient (Wildman–Crippen LogP) is 3.60. The summed E-state index contributed by atoms with van der Waals surface area (Å²) in [4.78, 5) is 3.98. The zero-order valence-corrected chi connectivity index (χ0v) is 20.3. The maximum Gasteiger partial charge on any atom is 0.416 e. The molecule has 0 amide bonds. The molecule has 2 N–H and O–H groups in total. The number of hydrogen-bond donors (Lipinski definition) is 2. The highest BCUT2D eigenvalue weighted by atomic mass is 127. The molecule has 0 aliphatic heterocycles. The van der Waals surface area contributed by atoms with Crippen molar-refractivity contribution in [3.05, 3.63) is 29.3 Å². The van der Waals surface area contributed by atoms with Crippen molar-refractivity contribution in [3.63, 3.8) is 0 Å².